The van der Waals surface area contributed by atoms with Crippen LogP contribution in [0.3, 0.4) is 0 Å². The number of hydrogen-bond donors (Lipinski definition) is 2. The van der Waals surface area contributed by atoms with Crippen LogP contribution in [0.4, 0.5) is 5.82 Å². The van der Waals surface area contributed by atoms with E-state index in [1.165, 1.54) is 0 Å². The van der Waals surface area contributed by atoms with Crippen LogP contribution < -0.4 is 11.1 Å². The molecule has 1 aromatic rings. The zero-order valence-corrected chi connectivity index (χ0v) is 7.41. The van der Waals surface area contributed by atoms with Gasteiger partial charge in [-0.15, -0.1) is 0 Å². The standard InChI is InChI=1S/C8H14N4/c1-6(9)5-12-8-7(2)10-3-4-11-8/h3-4,6H,5,9H2,1-2H3,(H,11,12). The van der Waals surface area contributed by atoms with Crippen molar-refractivity contribution in [3.8, 4) is 0 Å². The normalized spacial score (nSPS) is 12.6. The van der Waals surface area contributed by atoms with Gasteiger partial charge in [0.1, 0.15) is 5.82 Å². The molecule has 0 saturated heterocycles. The molecule has 0 amide bonds. The third kappa shape index (κ3) is 2.47. The Labute approximate surface area is 72.2 Å². The zero-order chi connectivity index (χ0) is 8.97. The average molecular weight is 166 g/mol. The Balaban J connectivity index is 2.57. The van der Waals surface area contributed by atoms with Crippen LogP contribution in [0.15, 0.2) is 12.4 Å². The molecule has 0 saturated carbocycles. The molecule has 1 atom stereocenters. The van der Waals surface area contributed by atoms with E-state index in [2.05, 4.69) is 15.3 Å². The van der Waals surface area contributed by atoms with Crippen LogP contribution in [0.5, 0.6) is 0 Å². The maximum Gasteiger partial charge on any atom is 0.147 e. The molecule has 0 spiro atoms. The first-order chi connectivity index (χ1) is 5.70. The molecule has 0 aromatic carbocycles. The van der Waals surface area contributed by atoms with E-state index in [4.69, 9.17) is 5.73 Å². The van der Waals surface area contributed by atoms with Crippen LogP contribution in [-0.4, -0.2) is 22.6 Å². The molecular formula is C8H14N4. The summed E-state index contributed by atoms with van der Waals surface area (Å²) in [6.45, 7) is 4.58. The molecule has 1 heterocycles. The summed E-state index contributed by atoms with van der Waals surface area (Å²) in [6.07, 6.45) is 3.34. The second kappa shape index (κ2) is 4.01. The van der Waals surface area contributed by atoms with Gasteiger partial charge in [0, 0.05) is 25.0 Å². The lowest BCUT2D eigenvalue weighted by Crippen LogP contribution is -2.25. The summed E-state index contributed by atoms with van der Waals surface area (Å²) >= 11 is 0. The van der Waals surface area contributed by atoms with Crippen molar-refractivity contribution < 1.29 is 0 Å². The van der Waals surface area contributed by atoms with Crippen LogP contribution in [0.2, 0.25) is 0 Å². The van der Waals surface area contributed by atoms with Crippen molar-refractivity contribution in [1.82, 2.24) is 9.97 Å². The van der Waals surface area contributed by atoms with Crippen molar-refractivity contribution in [2.24, 2.45) is 5.73 Å². The fourth-order valence-corrected chi connectivity index (χ4v) is 0.839. The maximum atomic E-state index is 5.58. The Hall–Kier alpha value is -1.16. The molecule has 0 bridgehead atoms. The van der Waals surface area contributed by atoms with E-state index in [9.17, 15) is 0 Å². The molecule has 0 radical (unpaired) electrons. The van der Waals surface area contributed by atoms with Crippen molar-refractivity contribution in [2.45, 2.75) is 19.9 Å². The largest absolute Gasteiger partial charge is 0.367 e. The van der Waals surface area contributed by atoms with Gasteiger partial charge in [-0.3, -0.25) is 4.98 Å². The van der Waals surface area contributed by atoms with Crippen molar-refractivity contribution >= 4 is 5.82 Å². The average Bonchev–Trinajstić information content (AvgIpc) is 2.03. The minimum Gasteiger partial charge on any atom is -0.367 e. The summed E-state index contributed by atoms with van der Waals surface area (Å²) in [4.78, 5) is 8.21. The first-order valence-corrected chi connectivity index (χ1v) is 3.97. The lowest BCUT2D eigenvalue weighted by Gasteiger charge is -2.08. The fraction of sp³-hybridized carbons (Fsp3) is 0.500. The summed E-state index contributed by atoms with van der Waals surface area (Å²) < 4.78 is 0. The molecule has 1 unspecified atom stereocenters. The van der Waals surface area contributed by atoms with Gasteiger partial charge in [0.25, 0.3) is 0 Å². The molecule has 4 heteroatoms. The molecule has 0 fully saturated rings. The molecule has 0 aliphatic rings. The topological polar surface area (TPSA) is 63.8 Å². The van der Waals surface area contributed by atoms with Crippen LogP contribution in [0.25, 0.3) is 0 Å². The van der Waals surface area contributed by atoms with Gasteiger partial charge in [-0.2, -0.15) is 0 Å². The molecule has 3 N–H and O–H groups in total. The molecule has 12 heavy (non-hydrogen) atoms. The molecule has 4 nitrogen and oxygen atoms in total. The first kappa shape index (κ1) is 8.93. The summed E-state index contributed by atoms with van der Waals surface area (Å²) in [7, 11) is 0. The smallest absolute Gasteiger partial charge is 0.147 e. The number of anilines is 1. The minimum absolute atomic E-state index is 0.131. The Kier molecular flexibility index (Phi) is 2.99. The monoisotopic (exact) mass is 166 g/mol. The second-order valence-electron chi connectivity index (χ2n) is 2.85. The molecular weight excluding hydrogens is 152 g/mol. The highest BCUT2D eigenvalue weighted by molar-refractivity contribution is 5.38. The van der Waals surface area contributed by atoms with Gasteiger partial charge in [0.15, 0.2) is 0 Å². The lowest BCUT2D eigenvalue weighted by molar-refractivity contribution is 0.775. The predicted octanol–water partition coefficient (Wildman–Crippen LogP) is 0.544. The van der Waals surface area contributed by atoms with E-state index in [1.807, 2.05) is 13.8 Å². The highest BCUT2D eigenvalue weighted by Gasteiger charge is 1.99. The third-order valence-electron chi connectivity index (χ3n) is 1.47. The van der Waals surface area contributed by atoms with E-state index in [1.54, 1.807) is 12.4 Å². The quantitative estimate of drug-likeness (QED) is 0.688. The Morgan fingerprint density at radius 2 is 2.17 bits per heavy atom. The van der Waals surface area contributed by atoms with E-state index in [0.29, 0.717) is 0 Å². The van der Waals surface area contributed by atoms with Crippen LogP contribution in [0.1, 0.15) is 12.6 Å². The third-order valence-corrected chi connectivity index (χ3v) is 1.47. The van der Waals surface area contributed by atoms with Crippen LogP contribution >= 0.6 is 0 Å². The highest BCUT2D eigenvalue weighted by atomic mass is 15.0. The summed E-state index contributed by atoms with van der Waals surface area (Å²) in [5.74, 6) is 0.815. The van der Waals surface area contributed by atoms with E-state index >= 15 is 0 Å². The number of aryl methyl sites for hydroxylation is 1. The number of rotatable bonds is 3. The Morgan fingerprint density at radius 3 is 2.75 bits per heavy atom. The summed E-state index contributed by atoms with van der Waals surface area (Å²) in [6, 6.07) is 0.131. The second-order valence-corrected chi connectivity index (χ2v) is 2.85. The maximum absolute atomic E-state index is 5.58. The van der Waals surface area contributed by atoms with Crippen LogP contribution in [0, 0.1) is 6.92 Å². The van der Waals surface area contributed by atoms with Crippen molar-refractivity contribution in [3.63, 3.8) is 0 Å². The van der Waals surface area contributed by atoms with Crippen LogP contribution in [-0.2, 0) is 0 Å². The lowest BCUT2D eigenvalue weighted by atomic mass is 10.3. The zero-order valence-electron chi connectivity index (χ0n) is 7.41. The SMILES string of the molecule is Cc1nccnc1NCC(C)N. The van der Waals surface area contributed by atoms with Gasteiger partial charge < -0.3 is 11.1 Å². The van der Waals surface area contributed by atoms with Gasteiger partial charge in [0.05, 0.1) is 5.69 Å². The van der Waals surface area contributed by atoms with Crippen molar-refractivity contribution in [2.75, 3.05) is 11.9 Å². The summed E-state index contributed by atoms with van der Waals surface area (Å²) in [5, 5.41) is 3.11. The van der Waals surface area contributed by atoms with E-state index < -0.39 is 0 Å². The van der Waals surface area contributed by atoms with E-state index in [0.717, 1.165) is 18.1 Å². The Morgan fingerprint density at radius 1 is 1.50 bits per heavy atom. The van der Waals surface area contributed by atoms with Gasteiger partial charge in [-0.05, 0) is 13.8 Å². The number of nitrogens with one attached hydrogen (secondary N) is 1. The fourth-order valence-electron chi connectivity index (χ4n) is 0.839. The minimum atomic E-state index is 0.131. The van der Waals surface area contributed by atoms with Crippen molar-refractivity contribution in [1.29, 1.82) is 0 Å². The summed E-state index contributed by atoms with van der Waals surface area (Å²) in [5.41, 5.74) is 6.48. The molecule has 0 aliphatic carbocycles. The molecule has 1 rings (SSSR count). The highest BCUT2D eigenvalue weighted by Crippen LogP contribution is 2.04. The number of nitrogens with two attached hydrogens (primary N) is 1. The molecule has 1 aromatic heterocycles. The van der Waals surface area contributed by atoms with Crippen molar-refractivity contribution in [3.05, 3.63) is 18.1 Å². The predicted molar refractivity (Wildman–Crippen MR) is 48.9 cm³/mol. The van der Waals surface area contributed by atoms with Gasteiger partial charge >= 0.3 is 0 Å². The number of nitrogens with zero attached hydrogens (tertiary/aromatic N) is 2. The number of hydrogen-bond acceptors (Lipinski definition) is 4. The van der Waals surface area contributed by atoms with E-state index in [-0.39, 0.29) is 6.04 Å². The molecule has 0 aliphatic heterocycles. The number of aromatic nitrogens is 2. The van der Waals surface area contributed by atoms with Gasteiger partial charge in [-0.1, -0.05) is 0 Å². The van der Waals surface area contributed by atoms with Gasteiger partial charge in [-0.25, -0.2) is 4.98 Å². The first-order valence-electron chi connectivity index (χ1n) is 3.97. The van der Waals surface area contributed by atoms with Gasteiger partial charge in [0.2, 0.25) is 0 Å². The molecule has 66 valence electrons. The Bertz CT molecular complexity index is 247.